The van der Waals surface area contributed by atoms with E-state index < -0.39 is 0 Å². The van der Waals surface area contributed by atoms with Crippen LogP contribution in [0.1, 0.15) is 39.5 Å². The molecule has 0 aliphatic carbocycles. The maximum absolute atomic E-state index is 10.8. The quantitative estimate of drug-likeness (QED) is 0.686. The topological polar surface area (TPSA) is 55.6 Å². The summed E-state index contributed by atoms with van der Waals surface area (Å²) in [5.74, 6) is 0.587. The van der Waals surface area contributed by atoms with Gasteiger partial charge in [-0.1, -0.05) is 0 Å². The lowest BCUT2D eigenvalue weighted by Crippen LogP contribution is -2.39. The molecular formula is C13H26N2O2. The first-order chi connectivity index (χ1) is 8.08. The van der Waals surface area contributed by atoms with Crippen LogP contribution in [0.15, 0.2) is 0 Å². The van der Waals surface area contributed by atoms with Crippen molar-refractivity contribution < 1.29 is 9.53 Å². The van der Waals surface area contributed by atoms with Crippen molar-refractivity contribution in [3.8, 4) is 0 Å². The van der Waals surface area contributed by atoms with Crippen molar-refractivity contribution >= 4 is 5.91 Å². The largest absolute Gasteiger partial charge is 0.379 e. The fourth-order valence-electron chi connectivity index (χ4n) is 2.34. The van der Waals surface area contributed by atoms with E-state index in [0.29, 0.717) is 12.6 Å². The lowest BCUT2D eigenvalue weighted by molar-refractivity contribution is -0.119. The Kier molecular flexibility index (Phi) is 6.52. The Morgan fingerprint density at radius 2 is 2.06 bits per heavy atom. The normalized spacial score (nSPS) is 18.8. The van der Waals surface area contributed by atoms with E-state index in [0.717, 1.165) is 32.0 Å². The van der Waals surface area contributed by atoms with Gasteiger partial charge in [0.1, 0.15) is 0 Å². The van der Waals surface area contributed by atoms with Crippen LogP contribution >= 0.6 is 0 Å². The van der Waals surface area contributed by atoms with Crippen molar-refractivity contribution in [1.82, 2.24) is 4.90 Å². The first-order valence-corrected chi connectivity index (χ1v) is 6.70. The van der Waals surface area contributed by atoms with Gasteiger partial charge in [-0.2, -0.15) is 0 Å². The van der Waals surface area contributed by atoms with Crippen molar-refractivity contribution in [2.75, 3.05) is 26.2 Å². The monoisotopic (exact) mass is 242 g/mol. The Balaban J connectivity index is 2.05. The number of nitrogens with zero attached hydrogens (tertiary/aromatic N) is 1. The molecule has 1 rings (SSSR count). The Morgan fingerprint density at radius 3 is 2.59 bits per heavy atom. The van der Waals surface area contributed by atoms with Gasteiger partial charge in [0.25, 0.3) is 0 Å². The molecule has 100 valence electrons. The van der Waals surface area contributed by atoms with Gasteiger partial charge in [0.05, 0.1) is 12.6 Å². The van der Waals surface area contributed by atoms with E-state index in [-0.39, 0.29) is 5.91 Å². The summed E-state index contributed by atoms with van der Waals surface area (Å²) in [5, 5.41) is 0. The van der Waals surface area contributed by atoms with Crippen LogP contribution in [0.2, 0.25) is 0 Å². The van der Waals surface area contributed by atoms with E-state index in [4.69, 9.17) is 10.5 Å². The number of hydrogen-bond donors (Lipinski definition) is 1. The Hall–Kier alpha value is -0.610. The molecule has 17 heavy (non-hydrogen) atoms. The number of amides is 1. The molecule has 1 aliphatic heterocycles. The fraction of sp³-hybridized carbons (Fsp3) is 0.923. The number of ether oxygens (including phenoxy) is 1. The van der Waals surface area contributed by atoms with Gasteiger partial charge in [-0.05, 0) is 58.5 Å². The lowest BCUT2D eigenvalue weighted by Gasteiger charge is -2.31. The fourth-order valence-corrected chi connectivity index (χ4v) is 2.34. The van der Waals surface area contributed by atoms with Gasteiger partial charge < -0.3 is 10.5 Å². The standard InChI is InChI=1S/C13H26N2O2/c1-11(2)17-9-3-4-12-5-7-15(8-6-12)10-13(14)16/h11-12H,3-10H2,1-2H3,(H2,14,16). The number of rotatable bonds is 7. The van der Waals surface area contributed by atoms with Gasteiger partial charge in [-0.3, -0.25) is 9.69 Å². The van der Waals surface area contributed by atoms with Crippen molar-refractivity contribution in [2.45, 2.75) is 45.6 Å². The van der Waals surface area contributed by atoms with Gasteiger partial charge >= 0.3 is 0 Å². The number of carbonyl (C=O) groups is 1. The molecule has 1 fully saturated rings. The van der Waals surface area contributed by atoms with E-state index in [1.54, 1.807) is 0 Å². The Morgan fingerprint density at radius 1 is 1.41 bits per heavy atom. The molecule has 2 N–H and O–H groups in total. The second-order valence-corrected chi connectivity index (χ2v) is 5.25. The van der Waals surface area contributed by atoms with Gasteiger partial charge in [0.2, 0.25) is 5.91 Å². The molecule has 1 saturated heterocycles. The zero-order valence-electron chi connectivity index (χ0n) is 11.2. The van der Waals surface area contributed by atoms with Crippen molar-refractivity contribution in [3.05, 3.63) is 0 Å². The van der Waals surface area contributed by atoms with Crippen LogP contribution in [0.3, 0.4) is 0 Å². The molecule has 0 saturated carbocycles. The lowest BCUT2D eigenvalue weighted by atomic mass is 9.92. The highest BCUT2D eigenvalue weighted by Gasteiger charge is 2.19. The maximum atomic E-state index is 10.8. The summed E-state index contributed by atoms with van der Waals surface area (Å²) in [6.07, 6.45) is 5.12. The summed E-state index contributed by atoms with van der Waals surface area (Å²) in [5.41, 5.74) is 5.19. The van der Waals surface area contributed by atoms with Crippen LogP contribution < -0.4 is 5.73 Å². The molecule has 0 aromatic carbocycles. The van der Waals surface area contributed by atoms with E-state index in [9.17, 15) is 4.79 Å². The predicted octanol–water partition coefficient (Wildman–Crippen LogP) is 1.39. The number of nitrogens with two attached hydrogens (primary N) is 1. The van der Waals surface area contributed by atoms with Crippen molar-refractivity contribution in [2.24, 2.45) is 11.7 Å². The smallest absolute Gasteiger partial charge is 0.231 e. The third-order valence-electron chi connectivity index (χ3n) is 3.29. The highest BCUT2D eigenvalue weighted by Crippen LogP contribution is 2.21. The van der Waals surface area contributed by atoms with Crippen LogP contribution in [0.25, 0.3) is 0 Å². The summed E-state index contributed by atoms with van der Waals surface area (Å²) >= 11 is 0. The van der Waals surface area contributed by atoms with Crippen LogP contribution in [0.5, 0.6) is 0 Å². The first kappa shape index (κ1) is 14.5. The molecule has 1 heterocycles. The maximum Gasteiger partial charge on any atom is 0.231 e. The van der Waals surface area contributed by atoms with Crippen LogP contribution in [0, 0.1) is 5.92 Å². The number of hydrogen-bond acceptors (Lipinski definition) is 3. The van der Waals surface area contributed by atoms with E-state index >= 15 is 0 Å². The molecular weight excluding hydrogens is 216 g/mol. The van der Waals surface area contributed by atoms with Crippen LogP contribution in [0.4, 0.5) is 0 Å². The Bertz CT molecular complexity index is 223. The molecule has 1 aliphatic rings. The van der Waals surface area contributed by atoms with E-state index in [1.165, 1.54) is 19.3 Å². The van der Waals surface area contributed by atoms with Crippen molar-refractivity contribution in [1.29, 1.82) is 0 Å². The van der Waals surface area contributed by atoms with E-state index in [1.807, 2.05) is 0 Å². The highest BCUT2D eigenvalue weighted by molar-refractivity contribution is 5.75. The number of primary amides is 1. The average molecular weight is 242 g/mol. The minimum atomic E-state index is -0.214. The van der Waals surface area contributed by atoms with Gasteiger partial charge in [-0.15, -0.1) is 0 Å². The number of piperidine rings is 1. The third kappa shape index (κ3) is 6.64. The van der Waals surface area contributed by atoms with Gasteiger partial charge in [0, 0.05) is 6.61 Å². The molecule has 0 bridgehead atoms. The molecule has 0 atom stereocenters. The minimum Gasteiger partial charge on any atom is -0.379 e. The summed E-state index contributed by atoms with van der Waals surface area (Å²) < 4.78 is 5.54. The second kappa shape index (κ2) is 7.67. The second-order valence-electron chi connectivity index (χ2n) is 5.25. The predicted molar refractivity (Wildman–Crippen MR) is 68.7 cm³/mol. The summed E-state index contributed by atoms with van der Waals surface area (Å²) in [4.78, 5) is 12.9. The third-order valence-corrected chi connectivity index (χ3v) is 3.29. The van der Waals surface area contributed by atoms with E-state index in [2.05, 4.69) is 18.7 Å². The first-order valence-electron chi connectivity index (χ1n) is 6.70. The zero-order chi connectivity index (χ0) is 12.7. The SMILES string of the molecule is CC(C)OCCCC1CCN(CC(N)=O)CC1. The zero-order valence-corrected chi connectivity index (χ0v) is 11.2. The molecule has 4 heteroatoms. The summed E-state index contributed by atoms with van der Waals surface area (Å²) in [7, 11) is 0. The molecule has 0 aromatic heterocycles. The van der Waals surface area contributed by atoms with Crippen LogP contribution in [-0.2, 0) is 9.53 Å². The van der Waals surface area contributed by atoms with Gasteiger partial charge in [0.15, 0.2) is 0 Å². The average Bonchev–Trinajstić information content (AvgIpc) is 2.25. The van der Waals surface area contributed by atoms with Gasteiger partial charge in [-0.25, -0.2) is 0 Å². The molecule has 4 nitrogen and oxygen atoms in total. The Labute approximate surface area is 104 Å². The molecule has 0 spiro atoms. The van der Waals surface area contributed by atoms with Crippen LogP contribution in [-0.4, -0.2) is 43.2 Å². The minimum absolute atomic E-state index is 0.214. The number of likely N-dealkylation sites (tertiary alicyclic amines) is 1. The molecule has 0 unspecified atom stereocenters. The summed E-state index contributed by atoms with van der Waals surface area (Å²) in [6, 6.07) is 0. The molecule has 0 radical (unpaired) electrons. The highest BCUT2D eigenvalue weighted by atomic mass is 16.5. The van der Waals surface area contributed by atoms with Crippen molar-refractivity contribution in [3.63, 3.8) is 0 Å². The number of carbonyl (C=O) groups excluding carboxylic acids is 1. The summed E-state index contributed by atoms with van der Waals surface area (Å²) in [6.45, 7) is 7.46. The molecule has 1 amide bonds. The molecule has 0 aromatic rings.